The molecular weight excluding hydrogens is 316 g/mol. The maximum absolute atomic E-state index is 12.7. The Labute approximate surface area is 151 Å². The molecule has 0 amide bonds. The van der Waals surface area contributed by atoms with Crippen molar-refractivity contribution >= 4 is 5.97 Å². The summed E-state index contributed by atoms with van der Waals surface area (Å²) in [5.41, 5.74) is 0.0628. The van der Waals surface area contributed by atoms with Crippen molar-refractivity contribution in [3.63, 3.8) is 0 Å². The molecule has 1 fully saturated rings. The van der Waals surface area contributed by atoms with Crippen LogP contribution in [0.1, 0.15) is 65.4 Å². The molecule has 0 heterocycles. The van der Waals surface area contributed by atoms with E-state index in [0.29, 0.717) is 6.61 Å². The number of esters is 1. The Morgan fingerprint density at radius 3 is 2.44 bits per heavy atom. The summed E-state index contributed by atoms with van der Waals surface area (Å²) < 4.78 is 17.7. The topological polar surface area (TPSA) is 44.8 Å². The number of ether oxygens (including phenoxy) is 3. The maximum atomic E-state index is 12.7. The summed E-state index contributed by atoms with van der Waals surface area (Å²) in [5, 5.41) is 0. The molecule has 1 aromatic rings. The van der Waals surface area contributed by atoms with Crippen molar-refractivity contribution in [2.24, 2.45) is 0 Å². The molecular formula is C21H32O4. The van der Waals surface area contributed by atoms with Crippen LogP contribution in [0, 0.1) is 0 Å². The van der Waals surface area contributed by atoms with E-state index in [1.807, 2.05) is 30.3 Å². The molecule has 4 heteroatoms. The molecule has 0 aliphatic heterocycles. The van der Waals surface area contributed by atoms with Gasteiger partial charge in [0.05, 0.1) is 18.8 Å². The minimum absolute atomic E-state index is 0.00225. The number of rotatable bonds is 8. The van der Waals surface area contributed by atoms with Gasteiger partial charge in [-0.05, 0) is 52.0 Å². The molecule has 0 saturated heterocycles. The molecule has 1 aliphatic rings. The van der Waals surface area contributed by atoms with Gasteiger partial charge in [-0.1, -0.05) is 43.7 Å². The fraction of sp³-hybridized carbons (Fsp3) is 0.667. The van der Waals surface area contributed by atoms with Crippen molar-refractivity contribution in [2.75, 3.05) is 0 Å². The van der Waals surface area contributed by atoms with Crippen LogP contribution in [0.25, 0.3) is 0 Å². The summed E-state index contributed by atoms with van der Waals surface area (Å²) in [6.07, 6.45) is 4.99. The molecule has 140 valence electrons. The molecule has 0 radical (unpaired) electrons. The lowest BCUT2D eigenvalue weighted by molar-refractivity contribution is -0.188. The molecule has 1 aromatic carbocycles. The second-order valence-corrected chi connectivity index (χ2v) is 7.41. The van der Waals surface area contributed by atoms with Crippen molar-refractivity contribution in [1.29, 1.82) is 0 Å². The van der Waals surface area contributed by atoms with Gasteiger partial charge in [0.2, 0.25) is 0 Å². The van der Waals surface area contributed by atoms with E-state index in [2.05, 4.69) is 13.8 Å². The Morgan fingerprint density at radius 1 is 1.16 bits per heavy atom. The van der Waals surface area contributed by atoms with E-state index in [0.717, 1.165) is 37.7 Å². The number of carbonyl (C=O) groups is 1. The van der Waals surface area contributed by atoms with Crippen LogP contribution >= 0.6 is 0 Å². The van der Waals surface area contributed by atoms with Gasteiger partial charge < -0.3 is 14.2 Å². The third kappa shape index (κ3) is 6.12. The molecule has 1 unspecified atom stereocenters. The van der Waals surface area contributed by atoms with Gasteiger partial charge in [-0.25, -0.2) is 4.79 Å². The van der Waals surface area contributed by atoms with Crippen molar-refractivity contribution in [3.8, 4) is 0 Å². The van der Waals surface area contributed by atoms with E-state index in [1.54, 1.807) is 13.8 Å². The van der Waals surface area contributed by atoms with Crippen LogP contribution in [-0.4, -0.2) is 29.9 Å². The predicted octanol–water partition coefficient (Wildman–Crippen LogP) is 4.65. The normalized spacial score (nSPS) is 22.4. The van der Waals surface area contributed by atoms with Crippen LogP contribution in [0.15, 0.2) is 30.3 Å². The molecule has 1 saturated carbocycles. The highest BCUT2D eigenvalue weighted by Crippen LogP contribution is 2.27. The van der Waals surface area contributed by atoms with Gasteiger partial charge in [0.25, 0.3) is 0 Å². The summed E-state index contributed by atoms with van der Waals surface area (Å²) in [5.74, 6) is -0.312. The lowest BCUT2D eigenvalue weighted by Gasteiger charge is -2.35. The van der Waals surface area contributed by atoms with Crippen LogP contribution in [0.5, 0.6) is 0 Å². The monoisotopic (exact) mass is 348 g/mol. The molecule has 0 bridgehead atoms. The van der Waals surface area contributed by atoms with Gasteiger partial charge in [0.15, 0.2) is 5.60 Å². The van der Waals surface area contributed by atoms with Gasteiger partial charge >= 0.3 is 5.97 Å². The van der Waals surface area contributed by atoms with Gasteiger partial charge in [0, 0.05) is 0 Å². The minimum Gasteiger partial charge on any atom is -0.457 e. The van der Waals surface area contributed by atoms with E-state index in [-0.39, 0.29) is 24.3 Å². The summed E-state index contributed by atoms with van der Waals surface area (Å²) in [6, 6.07) is 9.85. The summed E-state index contributed by atoms with van der Waals surface area (Å²) >= 11 is 0. The fourth-order valence-electron chi connectivity index (χ4n) is 2.92. The first-order chi connectivity index (χ1) is 11.9. The Bertz CT molecular complexity index is 526. The van der Waals surface area contributed by atoms with Crippen LogP contribution in [0.3, 0.4) is 0 Å². The number of hydrogen-bond acceptors (Lipinski definition) is 4. The molecule has 25 heavy (non-hydrogen) atoms. The molecule has 0 aromatic heterocycles. The van der Waals surface area contributed by atoms with Crippen molar-refractivity contribution in [3.05, 3.63) is 35.9 Å². The predicted molar refractivity (Wildman–Crippen MR) is 98.3 cm³/mol. The zero-order valence-electron chi connectivity index (χ0n) is 16.0. The fourth-order valence-corrected chi connectivity index (χ4v) is 2.92. The van der Waals surface area contributed by atoms with E-state index < -0.39 is 5.60 Å². The van der Waals surface area contributed by atoms with E-state index in [4.69, 9.17) is 14.2 Å². The standard InChI is InChI=1S/C21H32O4/c1-5-16(2)24-18-13-9-10-14-19(18)25-20(22)21(3,4)23-15-17-11-7-6-8-12-17/h6-8,11-12,16,18-19H,5,9-10,13-15H2,1-4H3/t16?,18-,19-/m0/s1. The van der Waals surface area contributed by atoms with E-state index in [1.165, 1.54) is 0 Å². The van der Waals surface area contributed by atoms with Gasteiger partial charge in [-0.2, -0.15) is 0 Å². The largest absolute Gasteiger partial charge is 0.457 e. The first kappa shape index (κ1) is 19.9. The lowest BCUT2D eigenvalue weighted by Crippen LogP contribution is -2.44. The number of hydrogen-bond donors (Lipinski definition) is 0. The molecule has 4 nitrogen and oxygen atoms in total. The number of benzene rings is 1. The Balaban J connectivity index is 1.90. The van der Waals surface area contributed by atoms with E-state index in [9.17, 15) is 4.79 Å². The summed E-state index contributed by atoms with van der Waals surface area (Å²) in [4.78, 5) is 12.7. The van der Waals surface area contributed by atoms with Crippen molar-refractivity contribution in [2.45, 2.75) is 90.3 Å². The lowest BCUT2D eigenvalue weighted by atomic mass is 9.94. The third-order valence-electron chi connectivity index (χ3n) is 4.82. The average Bonchev–Trinajstić information content (AvgIpc) is 2.62. The zero-order valence-corrected chi connectivity index (χ0v) is 16.0. The second-order valence-electron chi connectivity index (χ2n) is 7.41. The smallest absolute Gasteiger partial charge is 0.338 e. The van der Waals surface area contributed by atoms with Crippen LogP contribution in [0.2, 0.25) is 0 Å². The molecule has 3 atom stereocenters. The number of carbonyl (C=O) groups excluding carboxylic acids is 1. The Morgan fingerprint density at radius 2 is 1.80 bits per heavy atom. The maximum Gasteiger partial charge on any atom is 0.338 e. The quantitative estimate of drug-likeness (QED) is 0.641. The highest BCUT2D eigenvalue weighted by Gasteiger charge is 2.36. The highest BCUT2D eigenvalue weighted by molar-refractivity contribution is 5.78. The Kier molecular flexibility index (Phi) is 7.45. The second kappa shape index (κ2) is 9.35. The van der Waals surface area contributed by atoms with Gasteiger partial charge in [-0.15, -0.1) is 0 Å². The third-order valence-corrected chi connectivity index (χ3v) is 4.82. The van der Waals surface area contributed by atoms with E-state index >= 15 is 0 Å². The first-order valence-electron chi connectivity index (χ1n) is 9.46. The van der Waals surface area contributed by atoms with Crippen molar-refractivity contribution < 1.29 is 19.0 Å². The van der Waals surface area contributed by atoms with Crippen molar-refractivity contribution in [1.82, 2.24) is 0 Å². The van der Waals surface area contributed by atoms with Crippen LogP contribution < -0.4 is 0 Å². The SMILES string of the molecule is CCC(C)O[C@H]1CCCC[C@@H]1OC(=O)C(C)(C)OCc1ccccc1. The molecule has 0 N–H and O–H groups in total. The van der Waals surface area contributed by atoms with Gasteiger partial charge in [0.1, 0.15) is 6.10 Å². The van der Waals surface area contributed by atoms with Gasteiger partial charge in [-0.3, -0.25) is 0 Å². The zero-order chi connectivity index (χ0) is 18.3. The minimum atomic E-state index is -0.978. The molecule has 0 spiro atoms. The summed E-state index contributed by atoms with van der Waals surface area (Å²) in [7, 11) is 0. The Hall–Kier alpha value is -1.39. The van der Waals surface area contributed by atoms with Crippen LogP contribution in [0.4, 0.5) is 0 Å². The molecule has 1 aliphatic carbocycles. The first-order valence-corrected chi connectivity index (χ1v) is 9.46. The average molecular weight is 348 g/mol. The van der Waals surface area contributed by atoms with Crippen LogP contribution in [-0.2, 0) is 25.6 Å². The summed E-state index contributed by atoms with van der Waals surface area (Å²) in [6.45, 7) is 8.10. The molecule has 2 rings (SSSR count). The highest BCUT2D eigenvalue weighted by atomic mass is 16.6.